The molecule has 1 aromatic carbocycles. The average molecular weight is 331 g/mol. The number of para-hydroxylation sites is 1. The van der Waals surface area contributed by atoms with Crippen molar-refractivity contribution in [3.05, 3.63) is 47.8 Å². The van der Waals surface area contributed by atoms with Gasteiger partial charge in [-0.25, -0.2) is 0 Å². The lowest BCUT2D eigenvalue weighted by Gasteiger charge is -2.16. The number of aliphatic hydroxyl groups is 1. The lowest BCUT2D eigenvalue weighted by Crippen LogP contribution is -2.22. The Hall–Kier alpha value is -1.63. The van der Waals surface area contributed by atoms with Gasteiger partial charge in [-0.3, -0.25) is 4.57 Å². The van der Waals surface area contributed by atoms with Gasteiger partial charge in [0, 0.05) is 11.4 Å². The quantitative estimate of drug-likeness (QED) is 0.721. The summed E-state index contributed by atoms with van der Waals surface area (Å²) < 4.78 is 2.04. The van der Waals surface area contributed by atoms with Gasteiger partial charge in [-0.1, -0.05) is 36.0 Å². The first-order valence-corrected chi connectivity index (χ1v) is 8.81. The van der Waals surface area contributed by atoms with Crippen molar-refractivity contribution in [2.75, 3.05) is 5.75 Å². The van der Waals surface area contributed by atoms with E-state index in [4.69, 9.17) is 0 Å². The predicted molar refractivity (Wildman–Crippen MR) is 91.7 cm³/mol. The molecule has 0 aliphatic rings. The third-order valence-electron chi connectivity index (χ3n) is 2.94. The van der Waals surface area contributed by atoms with E-state index in [2.05, 4.69) is 10.2 Å². The molecule has 2 heterocycles. The minimum absolute atomic E-state index is 0.558. The molecule has 0 radical (unpaired) electrons. The van der Waals surface area contributed by atoms with Gasteiger partial charge in [-0.15, -0.1) is 21.5 Å². The molecule has 0 aliphatic heterocycles. The zero-order valence-electron chi connectivity index (χ0n) is 12.4. The highest BCUT2D eigenvalue weighted by atomic mass is 32.2. The Bertz CT molecular complexity index is 731. The Labute approximate surface area is 137 Å². The van der Waals surface area contributed by atoms with Crippen molar-refractivity contribution in [3.63, 3.8) is 0 Å². The smallest absolute Gasteiger partial charge is 0.196 e. The van der Waals surface area contributed by atoms with Crippen LogP contribution in [0.5, 0.6) is 0 Å². The fraction of sp³-hybridized carbons (Fsp3) is 0.250. The zero-order chi connectivity index (χ0) is 15.6. The molecule has 0 unspecified atom stereocenters. The van der Waals surface area contributed by atoms with Gasteiger partial charge in [-0.05, 0) is 37.4 Å². The molecule has 0 spiro atoms. The van der Waals surface area contributed by atoms with Crippen LogP contribution in [0.4, 0.5) is 0 Å². The summed E-state index contributed by atoms with van der Waals surface area (Å²) in [6.07, 6.45) is 0. The molecule has 2 aromatic heterocycles. The molecule has 0 fully saturated rings. The molecular formula is C16H17N3OS2. The van der Waals surface area contributed by atoms with Crippen LogP contribution in [-0.2, 0) is 0 Å². The van der Waals surface area contributed by atoms with Crippen molar-refractivity contribution in [1.82, 2.24) is 14.8 Å². The molecule has 3 aromatic rings. The SMILES string of the molecule is CC(C)(O)CSc1nnc(-c2cccs2)n1-c1ccccc1. The van der Waals surface area contributed by atoms with Crippen LogP contribution in [0, 0.1) is 0 Å². The number of aromatic nitrogens is 3. The largest absolute Gasteiger partial charge is 0.390 e. The molecule has 22 heavy (non-hydrogen) atoms. The molecule has 0 atom stereocenters. The van der Waals surface area contributed by atoms with Crippen molar-refractivity contribution in [3.8, 4) is 16.4 Å². The van der Waals surface area contributed by atoms with Crippen LogP contribution in [0.3, 0.4) is 0 Å². The molecule has 1 N–H and O–H groups in total. The van der Waals surface area contributed by atoms with Crippen LogP contribution in [0.1, 0.15) is 13.8 Å². The Morgan fingerprint density at radius 1 is 1.14 bits per heavy atom. The van der Waals surface area contributed by atoms with Gasteiger partial charge < -0.3 is 5.11 Å². The number of thiophene rings is 1. The summed E-state index contributed by atoms with van der Waals surface area (Å²) in [5.41, 5.74) is 0.274. The van der Waals surface area contributed by atoms with Gasteiger partial charge in [0.05, 0.1) is 10.5 Å². The standard InChI is InChI=1S/C16H17N3OS2/c1-16(2,20)11-22-15-18-17-14(13-9-6-10-21-13)19(15)12-7-4-3-5-8-12/h3-10,20H,11H2,1-2H3. The Balaban J connectivity index is 2.04. The van der Waals surface area contributed by atoms with Crippen LogP contribution < -0.4 is 0 Å². The van der Waals surface area contributed by atoms with Crippen LogP contribution in [0.15, 0.2) is 53.0 Å². The van der Waals surface area contributed by atoms with E-state index in [0.29, 0.717) is 5.75 Å². The molecule has 114 valence electrons. The summed E-state index contributed by atoms with van der Waals surface area (Å²) in [6.45, 7) is 3.59. The second-order valence-electron chi connectivity index (χ2n) is 5.56. The highest BCUT2D eigenvalue weighted by Gasteiger charge is 2.20. The summed E-state index contributed by atoms with van der Waals surface area (Å²) >= 11 is 3.15. The molecule has 0 bridgehead atoms. The fourth-order valence-corrected chi connectivity index (χ4v) is 3.58. The van der Waals surface area contributed by atoms with Crippen molar-refractivity contribution in [2.24, 2.45) is 0 Å². The van der Waals surface area contributed by atoms with E-state index in [1.165, 1.54) is 11.8 Å². The first-order valence-electron chi connectivity index (χ1n) is 6.94. The minimum Gasteiger partial charge on any atom is -0.390 e. The number of rotatable bonds is 5. The molecule has 3 rings (SSSR count). The minimum atomic E-state index is -0.749. The van der Waals surface area contributed by atoms with Crippen molar-refractivity contribution < 1.29 is 5.11 Å². The second kappa shape index (κ2) is 6.24. The molecule has 6 heteroatoms. The van der Waals surface area contributed by atoms with E-state index in [-0.39, 0.29) is 0 Å². The lowest BCUT2D eigenvalue weighted by molar-refractivity contribution is 0.107. The zero-order valence-corrected chi connectivity index (χ0v) is 14.1. The molecule has 0 amide bonds. The molecular weight excluding hydrogens is 314 g/mol. The summed E-state index contributed by atoms with van der Waals surface area (Å²) in [5.74, 6) is 1.39. The number of hydrogen-bond donors (Lipinski definition) is 1. The van der Waals surface area contributed by atoms with Crippen LogP contribution in [0.2, 0.25) is 0 Å². The first kappa shape index (κ1) is 15.3. The maximum absolute atomic E-state index is 9.95. The fourth-order valence-electron chi connectivity index (χ4n) is 1.98. The van der Waals surface area contributed by atoms with E-state index < -0.39 is 5.60 Å². The van der Waals surface area contributed by atoms with Gasteiger partial charge in [0.25, 0.3) is 0 Å². The number of thioether (sulfide) groups is 1. The van der Waals surface area contributed by atoms with Gasteiger partial charge in [0.2, 0.25) is 0 Å². The summed E-state index contributed by atoms with van der Waals surface area (Å²) in [6, 6.07) is 14.1. The summed E-state index contributed by atoms with van der Waals surface area (Å²) in [5, 5.41) is 21.5. The summed E-state index contributed by atoms with van der Waals surface area (Å²) in [7, 11) is 0. The van der Waals surface area contributed by atoms with E-state index in [0.717, 1.165) is 21.5 Å². The van der Waals surface area contributed by atoms with E-state index in [1.807, 2.05) is 52.4 Å². The third kappa shape index (κ3) is 3.40. The Morgan fingerprint density at radius 2 is 1.91 bits per heavy atom. The predicted octanol–water partition coefficient (Wildman–Crippen LogP) is 3.86. The van der Waals surface area contributed by atoms with Gasteiger partial charge in [-0.2, -0.15) is 0 Å². The molecule has 0 saturated heterocycles. The number of hydrogen-bond acceptors (Lipinski definition) is 5. The average Bonchev–Trinajstić information content (AvgIpc) is 3.14. The number of nitrogens with zero attached hydrogens (tertiary/aromatic N) is 3. The van der Waals surface area contributed by atoms with E-state index >= 15 is 0 Å². The van der Waals surface area contributed by atoms with E-state index in [9.17, 15) is 5.11 Å². The molecule has 4 nitrogen and oxygen atoms in total. The highest BCUT2D eigenvalue weighted by Crippen LogP contribution is 2.31. The molecule has 0 aliphatic carbocycles. The maximum atomic E-state index is 9.95. The maximum Gasteiger partial charge on any atom is 0.196 e. The Morgan fingerprint density at radius 3 is 2.55 bits per heavy atom. The number of benzene rings is 1. The van der Waals surface area contributed by atoms with Crippen LogP contribution >= 0.6 is 23.1 Å². The van der Waals surface area contributed by atoms with E-state index in [1.54, 1.807) is 25.2 Å². The van der Waals surface area contributed by atoms with Crippen molar-refractivity contribution in [1.29, 1.82) is 0 Å². The molecule has 0 saturated carbocycles. The van der Waals surface area contributed by atoms with Gasteiger partial charge >= 0.3 is 0 Å². The summed E-state index contributed by atoms with van der Waals surface area (Å²) in [4.78, 5) is 1.08. The van der Waals surface area contributed by atoms with Crippen LogP contribution in [0.25, 0.3) is 16.4 Å². The Kier molecular flexibility index (Phi) is 4.33. The van der Waals surface area contributed by atoms with Crippen molar-refractivity contribution in [2.45, 2.75) is 24.6 Å². The van der Waals surface area contributed by atoms with Crippen molar-refractivity contribution >= 4 is 23.1 Å². The second-order valence-corrected chi connectivity index (χ2v) is 7.45. The van der Waals surface area contributed by atoms with Gasteiger partial charge in [0.15, 0.2) is 11.0 Å². The third-order valence-corrected chi connectivity index (χ3v) is 5.18. The monoisotopic (exact) mass is 331 g/mol. The van der Waals surface area contributed by atoms with Gasteiger partial charge in [0.1, 0.15) is 0 Å². The van der Waals surface area contributed by atoms with Crippen LogP contribution in [-0.4, -0.2) is 31.2 Å². The first-order chi connectivity index (χ1) is 10.5. The topological polar surface area (TPSA) is 50.9 Å². The lowest BCUT2D eigenvalue weighted by atomic mass is 10.2. The normalized spacial score (nSPS) is 11.8. The highest BCUT2D eigenvalue weighted by molar-refractivity contribution is 7.99.